The SMILES string of the molecule is CC1CCN(S(=O)(=O)c2cccc(C(=O)N3CCCC(C)C3)c2)CC1. The van der Waals surface area contributed by atoms with Crippen molar-refractivity contribution < 1.29 is 13.2 Å². The quantitative estimate of drug-likeness (QED) is 0.828. The molecular weight excluding hydrogens is 336 g/mol. The summed E-state index contributed by atoms with van der Waals surface area (Å²) >= 11 is 0. The molecule has 2 aliphatic rings. The molecule has 0 saturated carbocycles. The number of piperidine rings is 2. The van der Waals surface area contributed by atoms with Crippen LogP contribution in [0.4, 0.5) is 0 Å². The second kappa shape index (κ2) is 7.46. The molecule has 138 valence electrons. The molecule has 3 rings (SSSR count). The number of hydrogen-bond acceptors (Lipinski definition) is 3. The minimum Gasteiger partial charge on any atom is -0.338 e. The van der Waals surface area contributed by atoms with E-state index in [1.165, 1.54) is 0 Å². The molecule has 1 aromatic carbocycles. The zero-order valence-electron chi connectivity index (χ0n) is 15.1. The van der Waals surface area contributed by atoms with Crippen molar-refractivity contribution in [2.75, 3.05) is 26.2 Å². The fraction of sp³-hybridized carbons (Fsp3) is 0.632. The summed E-state index contributed by atoms with van der Waals surface area (Å²) < 4.78 is 27.4. The molecule has 0 radical (unpaired) electrons. The van der Waals surface area contributed by atoms with Gasteiger partial charge in [-0.15, -0.1) is 0 Å². The van der Waals surface area contributed by atoms with Crippen molar-refractivity contribution in [3.8, 4) is 0 Å². The van der Waals surface area contributed by atoms with Crippen LogP contribution in [0.2, 0.25) is 0 Å². The van der Waals surface area contributed by atoms with E-state index in [-0.39, 0.29) is 10.8 Å². The molecular formula is C19H28N2O3S. The number of carbonyl (C=O) groups is 1. The summed E-state index contributed by atoms with van der Waals surface area (Å²) in [6.45, 7) is 6.93. The number of rotatable bonds is 3. The summed E-state index contributed by atoms with van der Waals surface area (Å²) in [5.41, 5.74) is 0.473. The Hall–Kier alpha value is -1.40. The van der Waals surface area contributed by atoms with Gasteiger partial charge in [0.15, 0.2) is 0 Å². The fourth-order valence-electron chi connectivity index (χ4n) is 3.72. The molecule has 25 heavy (non-hydrogen) atoms. The molecule has 0 N–H and O–H groups in total. The van der Waals surface area contributed by atoms with Crippen LogP contribution in [0, 0.1) is 11.8 Å². The average Bonchev–Trinajstić information content (AvgIpc) is 2.61. The van der Waals surface area contributed by atoms with Gasteiger partial charge >= 0.3 is 0 Å². The zero-order chi connectivity index (χ0) is 18.0. The Morgan fingerprint density at radius 3 is 2.44 bits per heavy atom. The van der Waals surface area contributed by atoms with Gasteiger partial charge in [0.1, 0.15) is 0 Å². The van der Waals surface area contributed by atoms with Gasteiger partial charge in [0.25, 0.3) is 5.91 Å². The Balaban J connectivity index is 1.80. The van der Waals surface area contributed by atoms with Crippen LogP contribution < -0.4 is 0 Å². The Morgan fingerprint density at radius 1 is 1.04 bits per heavy atom. The Kier molecular flexibility index (Phi) is 5.49. The predicted octanol–water partition coefficient (Wildman–Crippen LogP) is 2.98. The van der Waals surface area contributed by atoms with Gasteiger partial charge in [-0.25, -0.2) is 8.42 Å². The maximum atomic E-state index is 12.9. The first-order valence-corrected chi connectivity index (χ1v) is 10.7. The molecule has 1 unspecified atom stereocenters. The molecule has 1 aromatic rings. The molecule has 2 heterocycles. The van der Waals surface area contributed by atoms with E-state index in [4.69, 9.17) is 0 Å². The van der Waals surface area contributed by atoms with Crippen molar-refractivity contribution >= 4 is 15.9 Å². The van der Waals surface area contributed by atoms with Gasteiger partial charge in [-0.1, -0.05) is 19.9 Å². The third-order valence-electron chi connectivity index (χ3n) is 5.41. The first kappa shape index (κ1) is 18.4. The monoisotopic (exact) mass is 364 g/mol. The maximum Gasteiger partial charge on any atom is 0.253 e. The molecule has 2 fully saturated rings. The highest BCUT2D eigenvalue weighted by Gasteiger charge is 2.29. The van der Waals surface area contributed by atoms with E-state index in [0.717, 1.165) is 38.8 Å². The van der Waals surface area contributed by atoms with Crippen molar-refractivity contribution in [2.24, 2.45) is 11.8 Å². The van der Waals surface area contributed by atoms with Gasteiger partial charge < -0.3 is 4.90 Å². The van der Waals surface area contributed by atoms with E-state index in [0.29, 0.717) is 30.5 Å². The molecule has 0 bridgehead atoms. The molecule has 0 aromatic heterocycles. The summed E-state index contributed by atoms with van der Waals surface area (Å²) in [7, 11) is -3.52. The van der Waals surface area contributed by atoms with Crippen molar-refractivity contribution in [2.45, 2.75) is 44.4 Å². The van der Waals surface area contributed by atoms with E-state index in [9.17, 15) is 13.2 Å². The normalized spacial score (nSPS) is 23.6. The average molecular weight is 365 g/mol. The highest BCUT2D eigenvalue weighted by molar-refractivity contribution is 7.89. The largest absolute Gasteiger partial charge is 0.338 e. The standard InChI is InChI=1S/C19H28N2O3S/c1-15-8-11-21(12-9-15)25(23,24)18-7-3-6-17(13-18)19(22)20-10-4-5-16(2)14-20/h3,6-7,13,15-16H,4-5,8-12,14H2,1-2H3. The first-order valence-electron chi connectivity index (χ1n) is 9.27. The second-order valence-corrected chi connectivity index (χ2v) is 9.55. The summed E-state index contributed by atoms with van der Waals surface area (Å²) in [6, 6.07) is 6.55. The minimum absolute atomic E-state index is 0.0594. The second-order valence-electron chi connectivity index (χ2n) is 7.61. The molecule has 6 heteroatoms. The molecule has 1 atom stereocenters. The zero-order valence-corrected chi connectivity index (χ0v) is 16.0. The van der Waals surface area contributed by atoms with Crippen molar-refractivity contribution in [3.05, 3.63) is 29.8 Å². The van der Waals surface area contributed by atoms with E-state index >= 15 is 0 Å². The van der Waals surface area contributed by atoms with Crippen LogP contribution in [-0.4, -0.2) is 49.7 Å². The van der Waals surface area contributed by atoms with Crippen LogP contribution >= 0.6 is 0 Å². The summed E-state index contributed by atoms with van der Waals surface area (Å²) in [5, 5.41) is 0. The highest BCUT2D eigenvalue weighted by atomic mass is 32.2. The molecule has 2 saturated heterocycles. The lowest BCUT2D eigenvalue weighted by Crippen LogP contribution is -2.39. The van der Waals surface area contributed by atoms with Gasteiger partial charge in [0.2, 0.25) is 10.0 Å². The third kappa shape index (κ3) is 4.06. The number of nitrogens with zero attached hydrogens (tertiary/aromatic N) is 2. The highest BCUT2D eigenvalue weighted by Crippen LogP contribution is 2.25. The predicted molar refractivity (Wildman–Crippen MR) is 97.9 cm³/mol. The van der Waals surface area contributed by atoms with Crippen molar-refractivity contribution in [3.63, 3.8) is 0 Å². The molecule has 1 amide bonds. The van der Waals surface area contributed by atoms with Crippen LogP contribution in [0.3, 0.4) is 0 Å². The number of amides is 1. The lowest BCUT2D eigenvalue weighted by Gasteiger charge is -2.31. The van der Waals surface area contributed by atoms with Crippen LogP contribution in [0.5, 0.6) is 0 Å². The van der Waals surface area contributed by atoms with Crippen LogP contribution in [0.15, 0.2) is 29.2 Å². The minimum atomic E-state index is -3.52. The van der Waals surface area contributed by atoms with E-state index in [1.807, 2.05) is 4.90 Å². The van der Waals surface area contributed by atoms with E-state index in [2.05, 4.69) is 13.8 Å². The molecule has 0 aliphatic carbocycles. The summed E-state index contributed by atoms with van der Waals surface area (Å²) in [4.78, 5) is 14.8. The number of sulfonamides is 1. The fourth-order valence-corrected chi connectivity index (χ4v) is 5.24. The number of likely N-dealkylation sites (tertiary alicyclic amines) is 1. The smallest absolute Gasteiger partial charge is 0.253 e. The van der Waals surface area contributed by atoms with Gasteiger partial charge in [-0.05, 0) is 55.7 Å². The van der Waals surface area contributed by atoms with Crippen molar-refractivity contribution in [1.82, 2.24) is 9.21 Å². The van der Waals surface area contributed by atoms with E-state index < -0.39 is 10.0 Å². The first-order chi connectivity index (χ1) is 11.9. The van der Waals surface area contributed by atoms with Crippen LogP contribution in [0.25, 0.3) is 0 Å². The Morgan fingerprint density at radius 2 is 1.76 bits per heavy atom. The van der Waals surface area contributed by atoms with Crippen LogP contribution in [-0.2, 0) is 10.0 Å². The van der Waals surface area contributed by atoms with Crippen LogP contribution in [0.1, 0.15) is 49.9 Å². The number of carbonyl (C=O) groups excluding carboxylic acids is 1. The number of hydrogen-bond donors (Lipinski definition) is 0. The molecule has 5 nitrogen and oxygen atoms in total. The molecule has 0 spiro atoms. The lowest BCUT2D eigenvalue weighted by molar-refractivity contribution is 0.0683. The van der Waals surface area contributed by atoms with Gasteiger partial charge in [-0.2, -0.15) is 4.31 Å². The topological polar surface area (TPSA) is 57.7 Å². The summed E-state index contributed by atoms with van der Waals surface area (Å²) in [5.74, 6) is 1.01. The Labute approximate surface area is 151 Å². The van der Waals surface area contributed by atoms with Crippen molar-refractivity contribution in [1.29, 1.82) is 0 Å². The van der Waals surface area contributed by atoms with Gasteiger partial charge in [-0.3, -0.25) is 4.79 Å². The number of benzene rings is 1. The Bertz CT molecular complexity index is 724. The molecule has 2 aliphatic heterocycles. The maximum absolute atomic E-state index is 12.9. The summed E-state index contributed by atoms with van der Waals surface area (Å²) in [6.07, 6.45) is 3.94. The van der Waals surface area contributed by atoms with Gasteiger partial charge in [0, 0.05) is 31.7 Å². The third-order valence-corrected chi connectivity index (χ3v) is 7.30. The lowest BCUT2D eigenvalue weighted by atomic mass is 9.99. The van der Waals surface area contributed by atoms with Gasteiger partial charge in [0.05, 0.1) is 4.90 Å². The van der Waals surface area contributed by atoms with E-state index in [1.54, 1.807) is 28.6 Å².